The van der Waals surface area contributed by atoms with Crippen LogP contribution in [-0.2, 0) is 6.61 Å². The molecule has 6 heteroatoms. The minimum atomic E-state index is 0.420. The number of methoxy groups -OCH3 is 2. The number of nitriles is 1. The Balaban J connectivity index is 1.94. The summed E-state index contributed by atoms with van der Waals surface area (Å²) in [5, 5.41) is 9.78. The Morgan fingerprint density at radius 2 is 1.69 bits per heavy atom. The number of ether oxygens (including phenoxy) is 4. The van der Waals surface area contributed by atoms with Gasteiger partial charge in [-0.15, -0.1) is 0 Å². The molecule has 0 aliphatic rings. The summed E-state index contributed by atoms with van der Waals surface area (Å²) < 4.78 is 23.3. The highest BCUT2D eigenvalue weighted by Crippen LogP contribution is 2.39. The van der Waals surface area contributed by atoms with Crippen molar-refractivity contribution < 1.29 is 18.9 Å². The van der Waals surface area contributed by atoms with E-state index in [0.717, 1.165) is 21.2 Å². The lowest BCUT2D eigenvalue weighted by Gasteiger charge is -2.15. The number of rotatable bonds is 9. The Morgan fingerprint density at radius 3 is 2.34 bits per heavy atom. The van der Waals surface area contributed by atoms with Crippen LogP contribution >= 0.6 is 15.9 Å². The van der Waals surface area contributed by atoms with Crippen molar-refractivity contribution >= 4 is 27.6 Å². The number of nitrogens with zero attached hydrogens (tertiary/aromatic N) is 1. The normalized spacial score (nSPS) is 10.9. The van der Waals surface area contributed by atoms with Crippen LogP contribution in [0, 0.1) is 11.3 Å². The van der Waals surface area contributed by atoms with E-state index in [1.54, 1.807) is 32.4 Å². The largest absolute Gasteiger partial charge is 0.493 e. The van der Waals surface area contributed by atoms with Crippen molar-refractivity contribution in [3.05, 3.63) is 81.8 Å². The summed E-state index contributed by atoms with van der Waals surface area (Å²) in [4.78, 5) is 0. The molecule has 3 aromatic rings. The van der Waals surface area contributed by atoms with Gasteiger partial charge in [0.05, 0.1) is 36.9 Å². The van der Waals surface area contributed by atoms with Crippen molar-refractivity contribution in [3.63, 3.8) is 0 Å². The van der Waals surface area contributed by atoms with Crippen LogP contribution in [0.15, 0.2) is 65.1 Å². The second-order valence-electron chi connectivity index (χ2n) is 6.78. The van der Waals surface area contributed by atoms with Crippen molar-refractivity contribution in [1.82, 2.24) is 0 Å². The molecule has 5 nitrogen and oxygen atoms in total. The lowest BCUT2D eigenvalue weighted by molar-refractivity contribution is 0.267. The molecular formula is C26H24BrNO4. The average Bonchev–Trinajstić information content (AvgIpc) is 2.82. The molecule has 3 rings (SSSR count). The molecule has 0 fully saturated rings. The van der Waals surface area contributed by atoms with Gasteiger partial charge in [0, 0.05) is 0 Å². The minimum Gasteiger partial charge on any atom is -0.493 e. The molecule has 0 saturated carbocycles. The fraction of sp³-hybridized carbons (Fsp3) is 0.192. The van der Waals surface area contributed by atoms with Gasteiger partial charge in [0.1, 0.15) is 6.61 Å². The number of halogens is 1. The topological polar surface area (TPSA) is 60.7 Å². The summed E-state index contributed by atoms with van der Waals surface area (Å²) in [6.45, 7) is 2.83. The zero-order chi connectivity index (χ0) is 22.9. The molecule has 0 aliphatic heterocycles. The van der Waals surface area contributed by atoms with Crippen molar-refractivity contribution in [2.24, 2.45) is 0 Å². The van der Waals surface area contributed by atoms with Crippen LogP contribution in [0.4, 0.5) is 0 Å². The van der Waals surface area contributed by atoms with Crippen molar-refractivity contribution in [3.8, 4) is 29.1 Å². The van der Waals surface area contributed by atoms with Gasteiger partial charge in [-0.25, -0.2) is 0 Å². The van der Waals surface area contributed by atoms with E-state index in [9.17, 15) is 5.26 Å². The standard InChI is InChI=1S/C26H24BrNO4/c1-4-31-25-14-19(13-22(27)26(25)32-17-18-8-6-5-7-9-18)12-21(16-28)20-10-11-23(29-2)24(15-20)30-3/h5-15H,4,17H2,1-3H3/b21-12+. The Labute approximate surface area is 196 Å². The highest BCUT2D eigenvalue weighted by Gasteiger charge is 2.14. The quantitative estimate of drug-likeness (QED) is 0.251. The molecule has 0 bridgehead atoms. The maximum Gasteiger partial charge on any atom is 0.175 e. The number of hydrogen-bond donors (Lipinski definition) is 0. The van der Waals surface area contributed by atoms with Gasteiger partial charge in [0.15, 0.2) is 23.0 Å². The third-order valence-corrected chi connectivity index (χ3v) is 5.27. The summed E-state index contributed by atoms with van der Waals surface area (Å²) in [6.07, 6.45) is 1.80. The second kappa shape index (κ2) is 11.3. The van der Waals surface area contributed by atoms with Crippen LogP contribution in [0.3, 0.4) is 0 Å². The summed E-state index contributed by atoms with van der Waals surface area (Å²) in [6, 6.07) is 21.4. The predicted octanol–water partition coefficient (Wildman–Crippen LogP) is 6.51. The molecule has 0 N–H and O–H groups in total. The average molecular weight is 494 g/mol. The summed E-state index contributed by atoms with van der Waals surface area (Å²) >= 11 is 3.60. The van der Waals surface area contributed by atoms with Gasteiger partial charge in [0.25, 0.3) is 0 Å². The van der Waals surface area contributed by atoms with E-state index in [0.29, 0.717) is 41.8 Å². The lowest BCUT2D eigenvalue weighted by Crippen LogP contribution is -2.01. The van der Waals surface area contributed by atoms with E-state index >= 15 is 0 Å². The highest BCUT2D eigenvalue weighted by molar-refractivity contribution is 9.10. The molecular weight excluding hydrogens is 470 g/mol. The molecule has 0 heterocycles. The fourth-order valence-electron chi connectivity index (χ4n) is 3.15. The molecule has 0 atom stereocenters. The van der Waals surface area contributed by atoms with Gasteiger partial charge in [0.2, 0.25) is 0 Å². The zero-order valence-corrected chi connectivity index (χ0v) is 19.8. The molecule has 0 saturated heterocycles. The van der Waals surface area contributed by atoms with Crippen molar-refractivity contribution in [2.45, 2.75) is 13.5 Å². The van der Waals surface area contributed by atoms with Crippen LogP contribution in [0.2, 0.25) is 0 Å². The second-order valence-corrected chi connectivity index (χ2v) is 7.63. The Morgan fingerprint density at radius 1 is 0.938 bits per heavy atom. The maximum absolute atomic E-state index is 9.78. The van der Waals surface area contributed by atoms with E-state index in [1.165, 1.54) is 0 Å². The zero-order valence-electron chi connectivity index (χ0n) is 18.2. The third-order valence-electron chi connectivity index (χ3n) is 4.68. The molecule has 3 aromatic carbocycles. The first-order valence-corrected chi connectivity index (χ1v) is 10.9. The van der Waals surface area contributed by atoms with E-state index in [-0.39, 0.29) is 0 Å². The van der Waals surface area contributed by atoms with Crippen LogP contribution in [-0.4, -0.2) is 20.8 Å². The van der Waals surface area contributed by atoms with Crippen LogP contribution < -0.4 is 18.9 Å². The van der Waals surface area contributed by atoms with Crippen LogP contribution in [0.5, 0.6) is 23.0 Å². The van der Waals surface area contributed by atoms with Gasteiger partial charge in [-0.1, -0.05) is 30.3 Å². The van der Waals surface area contributed by atoms with Gasteiger partial charge in [-0.2, -0.15) is 5.26 Å². The highest BCUT2D eigenvalue weighted by atomic mass is 79.9. The Kier molecular flexibility index (Phi) is 8.18. The number of allylic oxidation sites excluding steroid dienone is 1. The molecule has 0 amide bonds. The molecule has 0 spiro atoms. The summed E-state index contributed by atoms with van der Waals surface area (Å²) in [5.41, 5.74) is 3.08. The van der Waals surface area contributed by atoms with Gasteiger partial charge >= 0.3 is 0 Å². The van der Waals surface area contributed by atoms with Gasteiger partial charge < -0.3 is 18.9 Å². The molecule has 0 unspecified atom stereocenters. The van der Waals surface area contributed by atoms with Crippen molar-refractivity contribution in [2.75, 3.05) is 20.8 Å². The predicted molar refractivity (Wildman–Crippen MR) is 129 cm³/mol. The third kappa shape index (κ3) is 5.63. The molecule has 164 valence electrons. The molecule has 0 aromatic heterocycles. The fourth-order valence-corrected chi connectivity index (χ4v) is 3.73. The Hall–Kier alpha value is -3.43. The Bertz CT molecular complexity index is 1140. The summed E-state index contributed by atoms with van der Waals surface area (Å²) in [5.74, 6) is 2.40. The first kappa shape index (κ1) is 23.2. The molecule has 32 heavy (non-hydrogen) atoms. The van der Waals surface area contributed by atoms with Crippen molar-refractivity contribution in [1.29, 1.82) is 5.26 Å². The lowest BCUT2D eigenvalue weighted by atomic mass is 10.0. The van der Waals surface area contributed by atoms with Crippen LogP contribution in [0.25, 0.3) is 11.6 Å². The number of benzene rings is 3. The van der Waals surface area contributed by atoms with Gasteiger partial charge in [-0.05, 0) is 76.0 Å². The van der Waals surface area contributed by atoms with E-state index in [4.69, 9.17) is 18.9 Å². The summed E-state index contributed by atoms with van der Waals surface area (Å²) in [7, 11) is 3.14. The van der Waals surface area contributed by atoms with E-state index < -0.39 is 0 Å². The van der Waals surface area contributed by atoms with Crippen LogP contribution in [0.1, 0.15) is 23.6 Å². The maximum atomic E-state index is 9.78. The minimum absolute atomic E-state index is 0.420. The van der Waals surface area contributed by atoms with Gasteiger partial charge in [-0.3, -0.25) is 0 Å². The first-order chi connectivity index (χ1) is 15.6. The molecule has 0 aliphatic carbocycles. The smallest absolute Gasteiger partial charge is 0.175 e. The van der Waals surface area contributed by atoms with E-state index in [1.807, 2.05) is 55.5 Å². The monoisotopic (exact) mass is 493 g/mol. The molecule has 0 radical (unpaired) electrons. The SMILES string of the molecule is CCOc1cc(/C=C(\C#N)c2ccc(OC)c(OC)c2)cc(Br)c1OCc1ccccc1. The van der Waals surface area contributed by atoms with E-state index in [2.05, 4.69) is 22.0 Å². The number of hydrogen-bond acceptors (Lipinski definition) is 5. The first-order valence-electron chi connectivity index (χ1n) is 10.1.